The van der Waals surface area contributed by atoms with Crippen LogP contribution in [0.4, 0.5) is 0 Å². The van der Waals surface area contributed by atoms with Gasteiger partial charge in [-0.05, 0) is 30.7 Å². The van der Waals surface area contributed by atoms with Crippen LogP contribution in [0.15, 0.2) is 24.3 Å². The van der Waals surface area contributed by atoms with E-state index in [-0.39, 0.29) is 18.1 Å². The number of methoxy groups -OCH3 is 1. The van der Waals surface area contributed by atoms with Crippen LogP contribution in [-0.2, 0) is 9.53 Å². The highest BCUT2D eigenvalue weighted by Gasteiger charge is 2.01. The van der Waals surface area contributed by atoms with Gasteiger partial charge in [-0.25, -0.2) is 4.79 Å². The highest BCUT2D eigenvalue weighted by molar-refractivity contribution is 5.87. The van der Waals surface area contributed by atoms with Gasteiger partial charge in [-0.2, -0.15) is 0 Å². The molecule has 0 aliphatic heterocycles. The second-order valence-corrected chi connectivity index (χ2v) is 2.91. The Morgan fingerprint density at radius 2 is 2.44 bits per heavy atom. The highest BCUT2D eigenvalue weighted by Crippen LogP contribution is 2.26. The lowest BCUT2D eigenvalue weighted by Crippen LogP contribution is -1.98. The molecule has 0 fully saturated rings. The van der Waals surface area contributed by atoms with Gasteiger partial charge in [-0.15, -0.1) is 0 Å². The molecule has 4 nitrogen and oxygen atoms in total. The maximum atomic E-state index is 11.1. The fraction of sp³-hybridized carbons (Fsp3) is 0.250. The van der Waals surface area contributed by atoms with E-state index in [1.54, 1.807) is 6.92 Å². The van der Waals surface area contributed by atoms with Crippen LogP contribution >= 0.6 is 0 Å². The number of carbonyl (C=O) groups excluding carboxylic acids is 1. The van der Waals surface area contributed by atoms with Gasteiger partial charge < -0.3 is 14.6 Å². The largest absolute Gasteiger partial charge is 0.504 e. The minimum absolute atomic E-state index is 0.175. The first-order chi connectivity index (χ1) is 8.81. The molecule has 0 aromatic heterocycles. The van der Waals surface area contributed by atoms with Crippen LogP contribution in [0.25, 0.3) is 6.08 Å². The van der Waals surface area contributed by atoms with Crippen molar-refractivity contribution in [1.82, 2.24) is 0 Å². The minimum atomic E-state index is -2.65. The Kier molecular flexibility index (Phi) is 2.98. The number of phenolic OH excluding ortho intramolecular Hbond substituents is 1. The maximum absolute atomic E-state index is 11.1. The molecule has 1 aromatic rings. The molecule has 4 heteroatoms. The molecule has 1 aromatic carbocycles. The summed E-state index contributed by atoms with van der Waals surface area (Å²) < 4.78 is 30.2. The van der Waals surface area contributed by atoms with Gasteiger partial charge in [0.25, 0.3) is 0 Å². The molecule has 0 heterocycles. The zero-order valence-electron chi connectivity index (χ0n) is 11.8. The van der Waals surface area contributed by atoms with Crippen molar-refractivity contribution < 1.29 is 23.5 Å². The topological polar surface area (TPSA) is 55.8 Å². The van der Waals surface area contributed by atoms with Crippen molar-refractivity contribution in [3.05, 3.63) is 29.8 Å². The van der Waals surface area contributed by atoms with Crippen LogP contribution in [0.2, 0.25) is 0 Å². The molecule has 16 heavy (non-hydrogen) atoms. The fourth-order valence-corrected chi connectivity index (χ4v) is 1.07. The Balaban J connectivity index is 2.87. The first-order valence-corrected chi connectivity index (χ1v) is 4.68. The number of hydrogen-bond donors (Lipinski definition) is 1. The van der Waals surface area contributed by atoms with Crippen molar-refractivity contribution in [2.24, 2.45) is 0 Å². The van der Waals surface area contributed by atoms with Crippen molar-refractivity contribution in [2.75, 3.05) is 13.6 Å². The zero-order chi connectivity index (χ0) is 14.5. The van der Waals surface area contributed by atoms with E-state index in [4.69, 9.17) is 8.85 Å². The second-order valence-electron chi connectivity index (χ2n) is 2.91. The first kappa shape index (κ1) is 8.21. The summed E-state index contributed by atoms with van der Waals surface area (Å²) in [7, 11) is -2.65. The van der Waals surface area contributed by atoms with E-state index in [0.717, 1.165) is 0 Å². The van der Waals surface area contributed by atoms with Gasteiger partial charge in [-0.1, -0.05) is 6.07 Å². The maximum Gasteiger partial charge on any atom is 0.330 e. The van der Waals surface area contributed by atoms with Crippen molar-refractivity contribution >= 4 is 12.0 Å². The average Bonchev–Trinajstić information content (AvgIpc) is 2.29. The molecule has 0 bridgehead atoms. The number of phenols is 1. The fourth-order valence-electron chi connectivity index (χ4n) is 1.07. The molecule has 0 spiro atoms. The van der Waals surface area contributed by atoms with Crippen LogP contribution in [0.1, 0.15) is 16.6 Å². The molecule has 1 N–H and O–H groups in total. The molecule has 0 radical (unpaired) electrons. The van der Waals surface area contributed by atoms with Crippen molar-refractivity contribution in [2.45, 2.75) is 6.92 Å². The SMILES string of the molecule is [2H]C([2H])([2H])Oc1cc(/C=C/C(=O)OCC)ccc1O. The third-order valence-corrected chi connectivity index (χ3v) is 1.79. The van der Waals surface area contributed by atoms with Gasteiger partial charge in [-0.3, -0.25) is 0 Å². The highest BCUT2D eigenvalue weighted by atomic mass is 16.5. The normalized spacial score (nSPS) is 13.9. The molecule has 1 rings (SSSR count). The summed E-state index contributed by atoms with van der Waals surface area (Å²) in [5, 5.41) is 9.47. The van der Waals surface area contributed by atoms with E-state index >= 15 is 0 Å². The van der Waals surface area contributed by atoms with Gasteiger partial charge in [0, 0.05) is 6.08 Å². The lowest BCUT2D eigenvalue weighted by atomic mass is 10.2. The van der Waals surface area contributed by atoms with Gasteiger partial charge in [0.15, 0.2) is 11.5 Å². The molecular weight excluding hydrogens is 208 g/mol. The smallest absolute Gasteiger partial charge is 0.330 e. The van der Waals surface area contributed by atoms with E-state index < -0.39 is 13.0 Å². The number of esters is 1. The third kappa shape index (κ3) is 3.31. The number of ether oxygens (including phenoxy) is 2. The van der Waals surface area contributed by atoms with Gasteiger partial charge in [0.05, 0.1) is 17.8 Å². The number of benzene rings is 1. The van der Waals surface area contributed by atoms with Crippen molar-refractivity contribution in [3.63, 3.8) is 0 Å². The summed E-state index contributed by atoms with van der Waals surface area (Å²) in [6.45, 7) is 1.96. The van der Waals surface area contributed by atoms with E-state index in [1.807, 2.05) is 0 Å². The summed E-state index contributed by atoms with van der Waals surface area (Å²) in [6.07, 6.45) is 2.64. The summed E-state index contributed by atoms with van der Waals surface area (Å²) in [4.78, 5) is 11.1. The quantitative estimate of drug-likeness (QED) is 0.628. The first-order valence-electron chi connectivity index (χ1n) is 6.18. The van der Waals surface area contributed by atoms with E-state index in [1.165, 1.54) is 30.4 Å². The number of carbonyl (C=O) groups is 1. The minimum Gasteiger partial charge on any atom is -0.504 e. The van der Waals surface area contributed by atoms with Crippen LogP contribution in [-0.4, -0.2) is 24.7 Å². The third-order valence-electron chi connectivity index (χ3n) is 1.79. The molecule has 0 unspecified atom stereocenters. The monoisotopic (exact) mass is 225 g/mol. The Morgan fingerprint density at radius 1 is 1.62 bits per heavy atom. The average molecular weight is 225 g/mol. The van der Waals surface area contributed by atoms with Gasteiger partial charge in [0.2, 0.25) is 0 Å². The molecule has 0 amide bonds. The molecule has 86 valence electrons. The number of rotatable bonds is 4. The van der Waals surface area contributed by atoms with Crippen LogP contribution in [0, 0.1) is 0 Å². The predicted molar refractivity (Wildman–Crippen MR) is 60.3 cm³/mol. The lowest BCUT2D eigenvalue weighted by Gasteiger charge is -2.03. The number of hydrogen-bond acceptors (Lipinski definition) is 4. The van der Waals surface area contributed by atoms with Crippen molar-refractivity contribution in [3.8, 4) is 11.5 Å². The summed E-state index contributed by atoms with van der Waals surface area (Å²) in [5.41, 5.74) is 0.505. The zero-order valence-corrected chi connectivity index (χ0v) is 8.77. The van der Waals surface area contributed by atoms with E-state index in [0.29, 0.717) is 5.56 Å². The molecule has 0 aliphatic rings. The van der Waals surface area contributed by atoms with Crippen LogP contribution < -0.4 is 4.74 Å². The van der Waals surface area contributed by atoms with E-state index in [9.17, 15) is 9.90 Å². The Labute approximate surface area is 98.3 Å². The second kappa shape index (κ2) is 5.80. The molecule has 0 saturated carbocycles. The Hall–Kier alpha value is -1.97. The molecule has 0 saturated heterocycles. The molecule has 0 atom stereocenters. The van der Waals surface area contributed by atoms with E-state index in [2.05, 4.69) is 4.74 Å². The summed E-state index contributed by atoms with van der Waals surface area (Å²) in [6, 6.07) is 4.11. The van der Waals surface area contributed by atoms with Gasteiger partial charge >= 0.3 is 5.97 Å². The van der Waals surface area contributed by atoms with Crippen LogP contribution in [0.5, 0.6) is 11.5 Å². The van der Waals surface area contributed by atoms with Crippen LogP contribution in [0.3, 0.4) is 0 Å². The number of aromatic hydroxyl groups is 1. The molecular formula is C12H14O4. The van der Waals surface area contributed by atoms with Crippen molar-refractivity contribution in [1.29, 1.82) is 0 Å². The Morgan fingerprint density at radius 3 is 3.12 bits per heavy atom. The summed E-state index contributed by atoms with van der Waals surface area (Å²) in [5.74, 6) is -0.968. The van der Waals surface area contributed by atoms with Gasteiger partial charge in [0.1, 0.15) is 0 Å². The molecule has 0 aliphatic carbocycles. The standard InChI is InChI=1S/C12H14O4/c1-3-16-12(14)7-5-9-4-6-10(13)11(8-9)15-2/h4-8,13H,3H2,1-2H3/b7-5+/i2D3. The Bertz CT molecular complexity index is 480. The lowest BCUT2D eigenvalue weighted by molar-refractivity contribution is -0.137. The summed E-state index contributed by atoms with van der Waals surface area (Å²) >= 11 is 0. The predicted octanol–water partition coefficient (Wildman–Crippen LogP) is 1.98.